The molecule has 0 atom stereocenters. The van der Waals surface area contributed by atoms with E-state index >= 15 is 0 Å². The molecule has 0 spiro atoms. The number of hydrogen-bond acceptors (Lipinski definition) is 5. The maximum atomic E-state index is 12.4. The number of anilines is 1. The van der Waals surface area contributed by atoms with Gasteiger partial charge in [0.2, 0.25) is 5.91 Å². The SMILES string of the molecule is C=CCn1c(SCC(=O)Nc2ccc(CC)cc2)nnc1-c1csc2ccccc12. The smallest absolute Gasteiger partial charge is 0.234 e. The molecule has 0 unspecified atom stereocenters. The normalized spacial score (nSPS) is 11.0. The molecule has 0 aliphatic rings. The van der Waals surface area contributed by atoms with Crippen LogP contribution in [0.15, 0.2) is 71.7 Å². The van der Waals surface area contributed by atoms with Gasteiger partial charge in [-0.25, -0.2) is 0 Å². The van der Waals surface area contributed by atoms with Crippen LogP contribution in [0.2, 0.25) is 0 Å². The lowest BCUT2D eigenvalue weighted by Gasteiger charge is -2.08. The van der Waals surface area contributed by atoms with Crippen LogP contribution in [0.3, 0.4) is 0 Å². The van der Waals surface area contributed by atoms with Crippen LogP contribution in [0.25, 0.3) is 21.5 Å². The van der Waals surface area contributed by atoms with E-state index in [0.717, 1.165) is 28.9 Å². The molecule has 5 nitrogen and oxygen atoms in total. The van der Waals surface area contributed by atoms with Crippen LogP contribution in [0.4, 0.5) is 5.69 Å². The molecule has 0 saturated heterocycles. The molecule has 4 rings (SSSR count). The van der Waals surface area contributed by atoms with E-state index < -0.39 is 0 Å². The van der Waals surface area contributed by atoms with Crippen LogP contribution in [0.5, 0.6) is 0 Å². The topological polar surface area (TPSA) is 59.8 Å². The first kappa shape index (κ1) is 20.4. The fourth-order valence-electron chi connectivity index (χ4n) is 3.19. The molecule has 152 valence electrons. The Morgan fingerprint density at radius 2 is 2.00 bits per heavy atom. The Labute approximate surface area is 183 Å². The zero-order chi connectivity index (χ0) is 20.9. The Balaban J connectivity index is 1.50. The molecular formula is C23H22N4OS2. The fourth-order valence-corrected chi connectivity index (χ4v) is 4.88. The first-order valence-corrected chi connectivity index (χ1v) is 11.6. The van der Waals surface area contributed by atoms with Gasteiger partial charge in [0, 0.05) is 33.3 Å². The van der Waals surface area contributed by atoms with Gasteiger partial charge in [-0.15, -0.1) is 28.1 Å². The molecule has 0 bridgehead atoms. The van der Waals surface area contributed by atoms with E-state index in [2.05, 4.69) is 46.5 Å². The highest BCUT2D eigenvalue weighted by Gasteiger charge is 2.17. The first-order valence-electron chi connectivity index (χ1n) is 9.72. The number of amides is 1. The van der Waals surface area contributed by atoms with Crippen molar-refractivity contribution in [3.8, 4) is 11.4 Å². The summed E-state index contributed by atoms with van der Waals surface area (Å²) in [4.78, 5) is 12.4. The summed E-state index contributed by atoms with van der Waals surface area (Å²) in [5.41, 5.74) is 3.10. The van der Waals surface area contributed by atoms with Crippen molar-refractivity contribution >= 4 is 44.8 Å². The first-order chi connectivity index (χ1) is 14.7. The molecule has 0 radical (unpaired) electrons. The van der Waals surface area contributed by atoms with Crippen molar-refractivity contribution in [3.05, 3.63) is 72.1 Å². The van der Waals surface area contributed by atoms with Crippen molar-refractivity contribution in [1.82, 2.24) is 14.8 Å². The molecule has 0 aliphatic heterocycles. The van der Waals surface area contributed by atoms with Gasteiger partial charge >= 0.3 is 0 Å². The molecule has 2 aromatic carbocycles. The third-order valence-electron chi connectivity index (χ3n) is 4.73. The average molecular weight is 435 g/mol. The Bertz CT molecular complexity index is 1180. The number of fused-ring (bicyclic) bond motifs is 1. The van der Waals surface area contributed by atoms with Crippen molar-refractivity contribution < 1.29 is 4.79 Å². The number of carbonyl (C=O) groups is 1. The van der Waals surface area contributed by atoms with Crippen LogP contribution in [-0.2, 0) is 17.8 Å². The second-order valence-corrected chi connectivity index (χ2v) is 8.59. The summed E-state index contributed by atoms with van der Waals surface area (Å²) in [6.07, 6.45) is 2.80. The number of aromatic nitrogens is 3. The molecule has 2 aromatic heterocycles. The van der Waals surface area contributed by atoms with Gasteiger partial charge in [0.1, 0.15) is 0 Å². The quantitative estimate of drug-likeness (QED) is 0.288. The second kappa shape index (κ2) is 9.28. The summed E-state index contributed by atoms with van der Waals surface area (Å²) in [6, 6.07) is 16.2. The minimum Gasteiger partial charge on any atom is -0.325 e. The molecule has 7 heteroatoms. The Morgan fingerprint density at radius 3 is 2.77 bits per heavy atom. The number of allylic oxidation sites excluding steroid dienone is 1. The van der Waals surface area contributed by atoms with E-state index in [9.17, 15) is 4.79 Å². The van der Waals surface area contributed by atoms with Crippen LogP contribution < -0.4 is 5.32 Å². The van der Waals surface area contributed by atoms with Crippen molar-refractivity contribution in [1.29, 1.82) is 0 Å². The van der Waals surface area contributed by atoms with Crippen molar-refractivity contribution in [2.45, 2.75) is 25.0 Å². The highest BCUT2D eigenvalue weighted by atomic mass is 32.2. The van der Waals surface area contributed by atoms with Crippen LogP contribution >= 0.6 is 23.1 Å². The lowest BCUT2D eigenvalue weighted by molar-refractivity contribution is -0.113. The number of nitrogens with zero attached hydrogens (tertiary/aromatic N) is 3. The Hall–Kier alpha value is -2.90. The van der Waals surface area contributed by atoms with Crippen LogP contribution in [0, 0.1) is 0 Å². The fraction of sp³-hybridized carbons (Fsp3) is 0.174. The number of benzene rings is 2. The van der Waals surface area contributed by atoms with E-state index in [-0.39, 0.29) is 11.7 Å². The Kier molecular flexibility index (Phi) is 6.30. The van der Waals surface area contributed by atoms with E-state index in [0.29, 0.717) is 11.7 Å². The largest absolute Gasteiger partial charge is 0.325 e. The summed E-state index contributed by atoms with van der Waals surface area (Å²) >= 11 is 3.07. The number of thiophene rings is 1. The maximum Gasteiger partial charge on any atom is 0.234 e. The number of aryl methyl sites for hydroxylation is 1. The average Bonchev–Trinajstić information content (AvgIpc) is 3.37. The summed E-state index contributed by atoms with van der Waals surface area (Å²) in [7, 11) is 0. The van der Waals surface area contributed by atoms with Crippen molar-refractivity contribution in [2.24, 2.45) is 0 Å². The van der Waals surface area contributed by atoms with Crippen LogP contribution in [0.1, 0.15) is 12.5 Å². The zero-order valence-corrected chi connectivity index (χ0v) is 18.3. The van der Waals surface area contributed by atoms with Gasteiger partial charge in [-0.3, -0.25) is 9.36 Å². The molecule has 1 N–H and O–H groups in total. The molecular weight excluding hydrogens is 412 g/mol. The van der Waals surface area contributed by atoms with Gasteiger partial charge in [-0.2, -0.15) is 0 Å². The lowest BCUT2D eigenvalue weighted by atomic mass is 10.1. The molecule has 2 heterocycles. The highest BCUT2D eigenvalue weighted by Crippen LogP contribution is 2.34. The number of hydrogen-bond donors (Lipinski definition) is 1. The monoisotopic (exact) mass is 434 g/mol. The molecule has 1 amide bonds. The predicted molar refractivity (Wildman–Crippen MR) is 126 cm³/mol. The summed E-state index contributed by atoms with van der Waals surface area (Å²) in [6.45, 7) is 6.55. The van der Waals surface area contributed by atoms with Crippen LogP contribution in [-0.4, -0.2) is 26.4 Å². The third-order valence-corrected chi connectivity index (χ3v) is 6.66. The van der Waals surface area contributed by atoms with Gasteiger partial charge < -0.3 is 5.32 Å². The van der Waals surface area contributed by atoms with Gasteiger partial charge in [0.05, 0.1) is 5.75 Å². The van der Waals surface area contributed by atoms with E-state index in [1.54, 1.807) is 11.3 Å². The van der Waals surface area contributed by atoms with Gasteiger partial charge in [-0.1, -0.05) is 55.1 Å². The minimum atomic E-state index is -0.0695. The summed E-state index contributed by atoms with van der Waals surface area (Å²) < 4.78 is 3.22. The molecule has 0 saturated carbocycles. The van der Waals surface area contributed by atoms with Crippen molar-refractivity contribution in [3.63, 3.8) is 0 Å². The summed E-state index contributed by atoms with van der Waals surface area (Å²) in [5.74, 6) is 0.986. The third kappa shape index (κ3) is 4.32. The van der Waals surface area contributed by atoms with E-state index in [1.807, 2.05) is 47.0 Å². The summed E-state index contributed by atoms with van der Waals surface area (Å²) in [5, 5.41) is 15.7. The maximum absolute atomic E-state index is 12.4. The van der Waals surface area contributed by atoms with Gasteiger partial charge in [0.25, 0.3) is 0 Å². The second-order valence-electron chi connectivity index (χ2n) is 6.74. The van der Waals surface area contributed by atoms with Gasteiger partial charge in [0.15, 0.2) is 11.0 Å². The minimum absolute atomic E-state index is 0.0695. The lowest BCUT2D eigenvalue weighted by Crippen LogP contribution is -2.14. The highest BCUT2D eigenvalue weighted by molar-refractivity contribution is 7.99. The number of carbonyl (C=O) groups excluding carboxylic acids is 1. The molecule has 0 fully saturated rings. The predicted octanol–water partition coefficient (Wildman–Crippen LogP) is 5.64. The molecule has 30 heavy (non-hydrogen) atoms. The van der Waals surface area contributed by atoms with Gasteiger partial charge in [-0.05, 0) is 30.2 Å². The standard InChI is InChI=1S/C23H22N4OS2/c1-3-13-27-22(19-14-29-20-8-6-5-7-18(19)20)25-26-23(27)30-15-21(28)24-17-11-9-16(4-2)10-12-17/h3,5-12,14H,1,4,13,15H2,2H3,(H,24,28). The number of nitrogens with one attached hydrogen (secondary N) is 1. The number of thioether (sulfide) groups is 1. The molecule has 0 aliphatic carbocycles. The zero-order valence-electron chi connectivity index (χ0n) is 16.7. The van der Waals surface area contributed by atoms with E-state index in [4.69, 9.17) is 0 Å². The number of rotatable bonds is 8. The molecule has 4 aromatic rings. The Morgan fingerprint density at radius 1 is 1.20 bits per heavy atom. The van der Waals surface area contributed by atoms with E-state index in [1.165, 1.54) is 22.0 Å². The van der Waals surface area contributed by atoms with Crippen molar-refractivity contribution in [2.75, 3.05) is 11.1 Å².